The first-order valence-electron chi connectivity index (χ1n) is 8.30. The van der Waals surface area contributed by atoms with Crippen LogP contribution in [0.1, 0.15) is 16.3 Å². The van der Waals surface area contributed by atoms with Crippen molar-refractivity contribution in [1.82, 2.24) is 9.97 Å². The van der Waals surface area contributed by atoms with Gasteiger partial charge in [0.2, 0.25) is 0 Å². The van der Waals surface area contributed by atoms with Crippen LogP contribution in [0.5, 0.6) is 11.5 Å². The Hall–Kier alpha value is -2.86. The molecular weight excluding hydrogens is 346 g/mol. The molecule has 0 saturated carbocycles. The summed E-state index contributed by atoms with van der Waals surface area (Å²) in [6, 6.07) is 14.2. The monoisotopic (exact) mass is 365 g/mol. The number of benzene rings is 2. The molecule has 0 saturated heterocycles. The van der Waals surface area contributed by atoms with Gasteiger partial charge in [0.05, 0.1) is 14.2 Å². The molecule has 0 fully saturated rings. The van der Waals surface area contributed by atoms with E-state index in [2.05, 4.69) is 32.2 Å². The third-order valence-electron chi connectivity index (χ3n) is 4.37. The number of hydrogen-bond donors (Lipinski definition) is 1. The number of rotatable bonds is 6. The Morgan fingerprint density at radius 3 is 2.69 bits per heavy atom. The SMILES string of the molecule is COc1ccc2[nH]c(COc3ccc(Cc4cn[c-]s4)cc3)[n+](C)c2c1. The van der Waals surface area contributed by atoms with Crippen molar-refractivity contribution in [3.05, 3.63) is 70.4 Å². The van der Waals surface area contributed by atoms with Gasteiger partial charge in [-0.1, -0.05) is 17.7 Å². The van der Waals surface area contributed by atoms with E-state index in [9.17, 15) is 0 Å². The van der Waals surface area contributed by atoms with Gasteiger partial charge in [0, 0.05) is 6.07 Å². The Labute approximate surface area is 155 Å². The van der Waals surface area contributed by atoms with Crippen LogP contribution in [0.25, 0.3) is 11.0 Å². The first kappa shape index (κ1) is 16.6. The Balaban J connectivity index is 1.45. The van der Waals surface area contributed by atoms with E-state index in [0.29, 0.717) is 6.61 Å². The van der Waals surface area contributed by atoms with E-state index < -0.39 is 0 Å². The minimum absolute atomic E-state index is 0.469. The topological polar surface area (TPSA) is 51.0 Å². The number of aromatic amines is 1. The number of aromatic nitrogens is 3. The number of fused-ring (bicyclic) bond motifs is 1. The zero-order valence-electron chi connectivity index (χ0n) is 14.7. The van der Waals surface area contributed by atoms with Crippen LogP contribution in [0.4, 0.5) is 0 Å². The normalized spacial score (nSPS) is 11.0. The molecule has 0 unspecified atom stereocenters. The van der Waals surface area contributed by atoms with E-state index in [1.165, 1.54) is 10.4 Å². The second-order valence-corrected chi connectivity index (χ2v) is 6.95. The third kappa shape index (κ3) is 3.41. The lowest BCUT2D eigenvalue weighted by Crippen LogP contribution is -2.32. The minimum Gasteiger partial charge on any atom is -0.497 e. The molecule has 0 atom stereocenters. The molecule has 2 aromatic heterocycles. The molecule has 0 aliphatic heterocycles. The zero-order chi connectivity index (χ0) is 17.9. The van der Waals surface area contributed by atoms with Crippen molar-refractivity contribution in [2.75, 3.05) is 7.11 Å². The highest BCUT2D eigenvalue weighted by atomic mass is 32.1. The molecule has 132 valence electrons. The highest BCUT2D eigenvalue weighted by Crippen LogP contribution is 2.19. The van der Waals surface area contributed by atoms with Gasteiger partial charge in [0.1, 0.15) is 11.5 Å². The molecule has 6 heteroatoms. The molecule has 0 bridgehead atoms. The van der Waals surface area contributed by atoms with E-state index in [1.54, 1.807) is 18.4 Å². The number of thiazole rings is 1. The number of ether oxygens (including phenoxy) is 2. The summed E-state index contributed by atoms with van der Waals surface area (Å²) in [5, 5.41) is 0. The molecule has 4 rings (SSSR count). The summed E-state index contributed by atoms with van der Waals surface area (Å²) in [6.45, 7) is 0.469. The second kappa shape index (κ2) is 7.17. The fourth-order valence-electron chi connectivity index (χ4n) is 2.89. The zero-order valence-corrected chi connectivity index (χ0v) is 15.5. The van der Waals surface area contributed by atoms with Crippen molar-refractivity contribution < 1.29 is 14.0 Å². The van der Waals surface area contributed by atoms with E-state index in [-0.39, 0.29) is 0 Å². The maximum absolute atomic E-state index is 5.95. The summed E-state index contributed by atoms with van der Waals surface area (Å²) < 4.78 is 13.3. The Kier molecular flexibility index (Phi) is 4.58. The van der Waals surface area contributed by atoms with Gasteiger partial charge in [-0.2, -0.15) is 0 Å². The van der Waals surface area contributed by atoms with E-state index in [4.69, 9.17) is 9.47 Å². The molecule has 5 nitrogen and oxygen atoms in total. The lowest BCUT2D eigenvalue weighted by atomic mass is 10.1. The summed E-state index contributed by atoms with van der Waals surface area (Å²) >= 11 is 1.55. The van der Waals surface area contributed by atoms with Crippen molar-refractivity contribution in [2.24, 2.45) is 7.05 Å². The number of nitrogens with zero attached hydrogens (tertiary/aromatic N) is 2. The number of H-pyrrole nitrogens is 1. The average molecular weight is 365 g/mol. The largest absolute Gasteiger partial charge is 0.497 e. The van der Waals surface area contributed by atoms with Crippen molar-refractivity contribution in [3.8, 4) is 11.5 Å². The van der Waals surface area contributed by atoms with Gasteiger partial charge in [-0.15, -0.1) is 11.1 Å². The quantitative estimate of drug-likeness (QED) is 0.421. The van der Waals surface area contributed by atoms with Gasteiger partial charge in [-0.25, -0.2) is 9.55 Å². The predicted molar refractivity (Wildman–Crippen MR) is 101 cm³/mol. The van der Waals surface area contributed by atoms with E-state index in [0.717, 1.165) is 34.8 Å². The van der Waals surface area contributed by atoms with Crippen LogP contribution in [-0.2, 0) is 20.1 Å². The highest BCUT2D eigenvalue weighted by Gasteiger charge is 2.16. The van der Waals surface area contributed by atoms with E-state index >= 15 is 0 Å². The molecule has 0 amide bonds. The fraction of sp³-hybridized carbons (Fsp3) is 0.200. The van der Waals surface area contributed by atoms with Crippen LogP contribution >= 0.6 is 11.3 Å². The van der Waals surface area contributed by atoms with Crippen LogP contribution in [0.15, 0.2) is 48.7 Å². The smallest absolute Gasteiger partial charge is 0.293 e. The number of imidazole rings is 1. The second-order valence-electron chi connectivity index (χ2n) is 6.04. The molecule has 26 heavy (non-hydrogen) atoms. The summed E-state index contributed by atoms with van der Waals surface area (Å²) in [5.41, 5.74) is 6.25. The lowest BCUT2D eigenvalue weighted by molar-refractivity contribution is -0.654. The van der Waals surface area contributed by atoms with Crippen LogP contribution in [0.2, 0.25) is 0 Å². The molecule has 0 radical (unpaired) electrons. The molecule has 0 spiro atoms. The molecule has 2 aromatic carbocycles. The Bertz CT molecular complexity index is 1010. The molecule has 2 heterocycles. The number of methoxy groups -OCH3 is 1. The standard InChI is InChI=1S/C20H18N3O2S/c1-23-19-10-16(24-2)7-8-18(19)22-20(23)12-25-15-5-3-14(4-6-15)9-17-11-21-13-26-17/h3-8,10-11H,9,12H2,1-2H3/q-1/p+1. The summed E-state index contributed by atoms with van der Waals surface area (Å²) in [7, 11) is 3.70. The predicted octanol–water partition coefficient (Wildman–Crippen LogP) is 3.43. The van der Waals surface area contributed by atoms with Crippen LogP contribution in [0, 0.1) is 5.51 Å². The lowest BCUT2D eigenvalue weighted by Gasteiger charge is -2.06. The maximum atomic E-state index is 5.95. The fourth-order valence-corrected chi connectivity index (χ4v) is 3.45. The van der Waals surface area contributed by atoms with Gasteiger partial charge < -0.3 is 14.5 Å². The highest BCUT2D eigenvalue weighted by molar-refractivity contribution is 7.09. The minimum atomic E-state index is 0.469. The molecule has 0 aliphatic carbocycles. The molecule has 1 N–H and O–H groups in total. The molecule has 4 aromatic rings. The van der Waals surface area contributed by atoms with Gasteiger partial charge in [-0.3, -0.25) is 11.3 Å². The van der Waals surface area contributed by atoms with E-state index in [1.807, 2.05) is 43.6 Å². The van der Waals surface area contributed by atoms with Crippen molar-refractivity contribution in [1.29, 1.82) is 0 Å². The molecule has 0 aliphatic rings. The number of nitrogens with one attached hydrogen (secondary N) is 1. The number of hydrogen-bond acceptors (Lipinski definition) is 4. The Morgan fingerprint density at radius 2 is 1.96 bits per heavy atom. The maximum Gasteiger partial charge on any atom is 0.293 e. The summed E-state index contributed by atoms with van der Waals surface area (Å²) in [4.78, 5) is 8.60. The first-order chi connectivity index (χ1) is 12.7. The van der Waals surface area contributed by atoms with Gasteiger partial charge >= 0.3 is 0 Å². The molecular formula is C20H19N3O2S. The van der Waals surface area contributed by atoms with Crippen LogP contribution in [-0.4, -0.2) is 17.1 Å². The van der Waals surface area contributed by atoms with Crippen LogP contribution in [0.3, 0.4) is 0 Å². The average Bonchev–Trinajstić information content (AvgIpc) is 3.29. The van der Waals surface area contributed by atoms with Crippen molar-refractivity contribution in [3.63, 3.8) is 0 Å². The number of aryl methyl sites for hydroxylation is 1. The van der Waals surface area contributed by atoms with Crippen molar-refractivity contribution >= 4 is 22.4 Å². The summed E-state index contributed by atoms with van der Waals surface area (Å²) in [6.07, 6.45) is 2.74. The van der Waals surface area contributed by atoms with Gasteiger partial charge in [0.25, 0.3) is 5.82 Å². The van der Waals surface area contributed by atoms with Gasteiger partial charge in [0.15, 0.2) is 17.6 Å². The first-order valence-corrected chi connectivity index (χ1v) is 9.11. The van der Waals surface area contributed by atoms with Crippen LogP contribution < -0.4 is 14.0 Å². The Morgan fingerprint density at radius 1 is 1.15 bits per heavy atom. The summed E-state index contributed by atoms with van der Waals surface area (Å²) in [5.74, 6) is 2.69. The van der Waals surface area contributed by atoms with Gasteiger partial charge in [-0.05, 0) is 36.2 Å². The van der Waals surface area contributed by atoms with Crippen molar-refractivity contribution in [2.45, 2.75) is 13.0 Å². The third-order valence-corrected chi connectivity index (χ3v) is 5.07.